The molecule has 1 unspecified atom stereocenters. The molecule has 6 nitrogen and oxygen atoms in total. The number of benzene rings is 1. The summed E-state index contributed by atoms with van der Waals surface area (Å²) in [4.78, 5) is 31.7. The van der Waals surface area contributed by atoms with Crippen LogP contribution in [-0.4, -0.2) is 34.8 Å². The number of hydrogen-bond donors (Lipinski definition) is 1. The molecule has 1 saturated heterocycles. The average Bonchev–Trinajstić information content (AvgIpc) is 3.33. The van der Waals surface area contributed by atoms with E-state index < -0.39 is 0 Å². The highest BCUT2D eigenvalue weighted by molar-refractivity contribution is 5.94. The number of nitrogens with zero attached hydrogens (tertiary/aromatic N) is 2. The summed E-state index contributed by atoms with van der Waals surface area (Å²) in [5.74, 6) is -0.175. The third kappa shape index (κ3) is 4.37. The van der Waals surface area contributed by atoms with E-state index >= 15 is 0 Å². The molecule has 0 bridgehead atoms. The molecule has 0 radical (unpaired) electrons. The van der Waals surface area contributed by atoms with Crippen LogP contribution in [-0.2, 0) is 4.79 Å². The Morgan fingerprint density at radius 1 is 1.03 bits per heavy atom. The average molecular weight is 389 g/mol. The zero-order chi connectivity index (χ0) is 20.1. The highest BCUT2D eigenvalue weighted by atomic mass is 16.3. The van der Waals surface area contributed by atoms with Crippen LogP contribution >= 0.6 is 0 Å². The Hall–Kier alpha value is -3.41. The van der Waals surface area contributed by atoms with Gasteiger partial charge in [-0.05, 0) is 36.6 Å². The van der Waals surface area contributed by atoms with E-state index in [-0.39, 0.29) is 23.8 Å². The van der Waals surface area contributed by atoms with Crippen molar-refractivity contribution in [2.24, 2.45) is 5.92 Å². The van der Waals surface area contributed by atoms with Gasteiger partial charge in [0.25, 0.3) is 5.91 Å². The van der Waals surface area contributed by atoms with E-state index in [2.05, 4.69) is 10.3 Å². The lowest BCUT2D eigenvalue weighted by molar-refractivity contribution is -0.126. The Labute approximate surface area is 169 Å². The predicted molar refractivity (Wildman–Crippen MR) is 108 cm³/mol. The van der Waals surface area contributed by atoms with Crippen LogP contribution in [0.1, 0.15) is 40.5 Å². The van der Waals surface area contributed by atoms with Gasteiger partial charge < -0.3 is 14.6 Å². The number of furan rings is 1. The fourth-order valence-corrected chi connectivity index (χ4v) is 3.69. The molecule has 1 aromatic carbocycles. The number of rotatable bonds is 5. The van der Waals surface area contributed by atoms with Gasteiger partial charge in [-0.1, -0.05) is 36.4 Å². The Balaban J connectivity index is 1.42. The number of hydrogen-bond acceptors (Lipinski definition) is 4. The second-order valence-electron chi connectivity index (χ2n) is 7.19. The van der Waals surface area contributed by atoms with Gasteiger partial charge in [-0.3, -0.25) is 14.6 Å². The summed E-state index contributed by atoms with van der Waals surface area (Å²) in [5.41, 5.74) is 2.35. The van der Waals surface area contributed by atoms with Crippen LogP contribution < -0.4 is 5.32 Å². The molecule has 3 aromatic rings. The van der Waals surface area contributed by atoms with Gasteiger partial charge in [0.1, 0.15) is 6.26 Å². The summed E-state index contributed by atoms with van der Waals surface area (Å²) in [7, 11) is 0. The summed E-state index contributed by atoms with van der Waals surface area (Å²) < 4.78 is 5.00. The minimum absolute atomic E-state index is 0.0000776. The van der Waals surface area contributed by atoms with E-state index in [0.717, 1.165) is 11.3 Å². The number of carbonyl (C=O) groups excluding carboxylic acids is 2. The van der Waals surface area contributed by atoms with Crippen molar-refractivity contribution >= 4 is 11.8 Å². The third-order valence-electron chi connectivity index (χ3n) is 5.32. The van der Waals surface area contributed by atoms with E-state index in [4.69, 9.17) is 4.42 Å². The Kier molecular flexibility index (Phi) is 5.70. The molecule has 0 aliphatic carbocycles. The van der Waals surface area contributed by atoms with E-state index in [1.165, 1.54) is 12.5 Å². The van der Waals surface area contributed by atoms with E-state index in [1.807, 2.05) is 48.5 Å². The van der Waals surface area contributed by atoms with Gasteiger partial charge in [0.05, 0.1) is 23.6 Å². The zero-order valence-corrected chi connectivity index (χ0v) is 16.0. The van der Waals surface area contributed by atoms with Gasteiger partial charge in [0, 0.05) is 25.2 Å². The first-order chi connectivity index (χ1) is 14.2. The Morgan fingerprint density at radius 2 is 1.79 bits per heavy atom. The SMILES string of the molecule is O=C(NC(c1ccccc1)c1ccccn1)C1CCN(C(=O)c2ccoc2)CC1. The van der Waals surface area contributed by atoms with Crippen LogP contribution in [0.4, 0.5) is 0 Å². The van der Waals surface area contributed by atoms with Gasteiger partial charge >= 0.3 is 0 Å². The lowest BCUT2D eigenvalue weighted by Crippen LogP contribution is -2.43. The highest BCUT2D eigenvalue weighted by Gasteiger charge is 2.30. The molecule has 6 heteroatoms. The summed E-state index contributed by atoms with van der Waals surface area (Å²) in [6, 6.07) is 16.9. The lowest BCUT2D eigenvalue weighted by Gasteiger charge is -2.32. The molecular formula is C23H23N3O3. The summed E-state index contributed by atoms with van der Waals surface area (Å²) in [6.07, 6.45) is 5.96. The maximum Gasteiger partial charge on any atom is 0.257 e. The molecule has 148 valence electrons. The topological polar surface area (TPSA) is 75.4 Å². The van der Waals surface area contributed by atoms with Crippen molar-refractivity contribution in [2.75, 3.05) is 13.1 Å². The first-order valence-corrected chi connectivity index (χ1v) is 9.80. The van der Waals surface area contributed by atoms with Crippen LogP contribution in [0.25, 0.3) is 0 Å². The molecule has 1 aliphatic rings. The lowest BCUT2D eigenvalue weighted by atomic mass is 9.94. The largest absolute Gasteiger partial charge is 0.472 e. The van der Waals surface area contributed by atoms with Crippen LogP contribution in [0.3, 0.4) is 0 Å². The van der Waals surface area contributed by atoms with E-state index in [0.29, 0.717) is 31.5 Å². The van der Waals surface area contributed by atoms with Crippen molar-refractivity contribution in [1.82, 2.24) is 15.2 Å². The molecule has 1 fully saturated rings. The monoisotopic (exact) mass is 389 g/mol. The number of pyridine rings is 1. The number of amides is 2. The number of likely N-dealkylation sites (tertiary alicyclic amines) is 1. The smallest absolute Gasteiger partial charge is 0.257 e. The molecule has 1 N–H and O–H groups in total. The van der Waals surface area contributed by atoms with Crippen molar-refractivity contribution in [2.45, 2.75) is 18.9 Å². The maximum atomic E-state index is 13.0. The van der Waals surface area contributed by atoms with Crippen LogP contribution in [0.15, 0.2) is 77.7 Å². The third-order valence-corrected chi connectivity index (χ3v) is 5.32. The normalized spacial score (nSPS) is 15.7. The predicted octanol–water partition coefficient (Wildman–Crippen LogP) is 3.43. The summed E-state index contributed by atoms with van der Waals surface area (Å²) in [5, 5.41) is 3.17. The molecule has 3 heterocycles. The van der Waals surface area contributed by atoms with Crippen LogP contribution in [0.2, 0.25) is 0 Å². The van der Waals surface area contributed by atoms with E-state index in [9.17, 15) is 9.59 Å². The number of nitrogens with one attached hydrogen (secondary N) is 1. The summed E-state index contributed by atoms with van der Waals surface area (Å²) in [6.45, 7) is 1.11. The first kappa shape index (κ1) is 18.9. The molecule has 0 saturated carbocycles. The summed E-state index contributed by atoms with van der Waals surface area (Å²) >= 11 is 0. The fraction of sp³-hybridized carbons (Fsp3) is 0.261. The van der Waals surface area contributed by atoms with Crippen LogP contribution in [0.5, 0.6) is 0 Å². The van der Waals surface area contributed by atoms with Crippen molar-refractivity contribution < 1.29 is 14.0 Å². The molecule has 1 atom stereocenters. The van der Waals surface area contributed by atoms with Gasteiger partial charge in [-0.2, -0.15) is 0 Å². The molecule has 0 spiro atoms. The molecule has 2 aromatic heterocycles. The fourth-order valence-electron chi connectivity index (χ4n) is 3.69. The van der Waals surface area contributed by atoms with E-state index in [1.54, 1.807) is 17.2 Å². The Morgan fingerprint density at radius 3 is 2.45 bits per heavy atom. The molecule has 1 aliphatic heterocycles. The number of piperidine rings is 1. The zero-order valence-electron chi connectivity index (χ0n) is 16.0. The molecule has 29 heavy (non-hydrogen) atoms. The van der Waals surface area contributed by atoms with Gasteiger partial charge in [0.2, 0.25) is 5.91 Å². The molecule has 2 amide bonds. The number of aromatic nitrogens is 1. The van der Waals surface area contributed by atoms with Gasteiger partial charge in [-0.25, -0.2) is 0 Å². The van der Waals surface area contributed by atoms with Crippen LogP contribution in [0, 0.1) is 5.92 Å². The maximum absolute atomic E-state index is 13.0. The standard InChI is InChI=1S/C23H23N3O3/c27-22(18-9-13-26(14-10-18)23(28)19-11-15-29-16-19)25-21(17-6-2-1-3-7-17)20-8-4-5-12-24-20/h1-8,11-12,15-16,18,21H,9-10,13-14H2,(H,25,27). The van der Waals surface area contributed by atoms with Crippen molar-refractivity contribution in [3.8, 4) is 0 Å². The molecular weight excluding hydrogens is 366 g/mol. The number of carbonyl (C=O) groups is 2. The Bertz CT molecular complexity index is 895. The van der Waals surface area contributed by atoms with Crippen molar-refractivity contribution in [3.05, 3.63) is 90.1 Å². The van der Waals surface area contributed by atoms with Crippen molar-refractivity contribution in [1.29, 1.82) is 0 Å². The second kappa shape index (κ2) is 8.73. The van der Waals surface area contributed by atoms with Crippen molar-refractivity contribution in [3.63, 3.8) is 0 Å². The minimum atomic E-state index is -0.296. The molecule has 4 rings (SSSR count). The van der Waals surface area contributed by atoms with Gasteiger partial charge in [-0.15, -0.1) is 0 Å². The highest BCUT2D eigenvalue weighted by Crippen LogP contribution is 2.24. The quantitative estimate of drug-likeness (QED) is 0.725. The minimum Gasteiger partial charge on any atom is -0.472 e. The van der Waals surface area contributed by atoms with Gasteiger partial charge in [0.15, 0.2) is 0 Å². The first-order valence-electron chi connectivity index (χ1n) is 9.80. The second-order valence-corrected chi connectivity index (χ2v) is 7.19.